The van der Waals surface area contributed by atoms with E-state index in [0.29, 0.717) is 16.5 Å². The molecule has 0 spiro atoms. The molecule has 1 unspecified atom stereocenters. The van der Waals surface area contributed by atoms with Crippen molar-refractivity contribution in [2.75, 3.05) is 26.0 Å². The maximum absolute atomic E-state index is 11.6. The van der Waals surface area contributed by atoms with E-state index < -0.39 is 0 Å². The summed E-state index contributed by atoms with van der Waals surface area (Å²) in [5, 5.41) is 3.01. The van der Waals surface area contributed by atoms with Crippen LogP contribution in [-0.2, 0) is 9.59 Å². The molecule has 0 aliphatic rings. The summed E-state index contributed by atoms with van der Waals surface area (Å²) < 4.78 is 5.33. The standard InChI is InChI=1S/C14H20ClN3O3/c1-9(16)6-13(19)17-10-4-5-12(11(15)7-10)21-8-14(20)18(2)3/h4-5,7,9H,6,8,16H2,1-3H3,(H,17,19). The molecule has 0 heterocycles. The first-order valence-electron chi connectivity index (χ1n) is 6.47. The minimum Gasteiger partial charge on any atom is -0.482 e. The average molecular weight is 314 g/mol. The number of halogens is 1. The molecule has 7 heteroatoms. The van der Waals surface area contributed by atoms with Crippen molar-refractivity contribution in [2.24, 2.45) is 5.73 Å². The van der Waals surface area contributed by atoms with Crippen LogP contribution in [0.4, 0.5) is 5.69 Å². The smallest absolute Gasteiger partial charge is 0.259 e. The largest absolute Gasteiger partial charge is 0.482 e. The summed E-state index contributed by atoms with van der Waals surface area (Å²) in [4.78, 5) is 24.5. The lowest BCUT2D eigenvalue weighted by atomic mass is 10.2. The molecule has 3 N–H and O–H groups in total. The van der Waals surface area contributed by atoms with Gasteiger partial charge < -0.3 is 20.7 Å². The van der Waals surface area contributed by atoms with Gasteiger partial charge in [-0.25, -0.2) is 0 Å². The van der Waals surface area contributed by atoms with Gasteiger partial charge in [0.2, 0.25) is 5.91 Å². The van der Waals surface area contributed by atoms with Gasteiger partial charge in [-0.1, -0.05) is 11.6 Å². The zero-order valence-corrected chi connectivity index (χ0v) is 13.1. The molecule has 116 valence electrons. The number of nitrogens with zero attached hydrogens (tertiary/aromatic N) is 1. The Morgan fingerprint density at radius 2 is 2.10 bits per heavy atom. The Morgan fingerprint density at radius 1 is 1.43 bits per heavy atom. The number of carbonyl (C=O) groups is 2. The molecule has 0 aromatic heterocycles. The number of rotatable bonds is 6. The van der Waals surface area contributed by atoms with Gasteiger partial charge >= 0.3 is 0 Å². The highest BCUT2D eigenvalue weighted by Crippen LogP contribution is 2.27. The van der Waals surface area contributed by atoms with E-state index in [0.717, 1.165) is 0 Å². The maximum Gasteiger partial charge on any atom is 0.259 e. The number of ether oxygens (including phenoxy) is 1. The third-order valence-electron chi connectivity index (χ3n) is 2.57. The van der Waals surface area contributed by atoms with Crippen molar-refractivity contribution < 1.29 is 14.3 Å². The molecule has 6 nitrogen and oxygen atoms in total. The molecule has 1 aromatic rings. The molecular weight excluding hydrogens is 294 g/mol. The van der Waals surface area contributed by atoms with Crippen LogP contribution < -0.4 is 15.8 Å². The van der Waals surface area contributed by atoms with Gasteiger partial charge in [-0.3, -0.25) is 9.59 Å². The predicted octanol–water partition coefficient (Wildman–Crippen LogP) is 1.48. The number of benzene rings is 1. The van der Waals surface area contributed by atoms with Crippen LogP contribution in [-0.4, -0.2) is 43.5 Å². The molecule has 1 atom stereocenters. The highest BCUT2D eigenvalue weighted by Gasteiger charge is 2.10. The quantitative estimate of drug-likeness (QED) is 0.833. The van der Waals surface area contributed by atoms with Crippen LogP contribution in [0.3, 0.4) is 0 Å². The SMILES string of the molecule is CC(N)CC(=O)Nc1ccc(OCC(=O)N(C)C)c(Cl)c1. The van der Waals surface area contributed by atoms with Gasteiger partial charge in [-0.05, 0) is 25.1 Å². The van der Waals surface area contributed by atoms with Crippen molar-refractivity contribution in [3.63, 3.8) is 0 Å². The van der Waals surface area contributed by atoms with Gasteiger partial charge in [0.05, 0.1) is 5.02 Å². The average Bonchev–Trinajstić information content (AvgIpc) is 2.36. The molecule has 0 radical (unpaired) electrons. The van der Waals surface area contributed by atoms with Crippen LogP contribution in [0.1, 0.15) is 13.3 Å². The van der Waals surface area contributed by atoms with Crippen LogP contribution in [0.25, 0.3) is 0 Å². The van der Waals surface area contributed by atoms with Crippen LogP contribution in [0.5, 0.6) is 5.75 Å². The lowest BCUT2D eigenvalue weighted by molar-refractivity contribution is -0.130. The highest BCUT2D eigenvalue weighted by molar-refractivity contribution is 6.32. The Hall–Kier alpha value is -1.79. The molecule has 2 amide bonds. The molecule has 1 aromatic carbocycles. The summed E-state index contributed by atoms with van der Waals surface area (Å²) in [6.07, 6.45) is 0.229. The van der Waals surface area contributed by atoms with E-state index >= 15 is 0 Å². The number of likely N-dealkylation sites (N-methyl/N-ethyl adjacent to an activating group) is 1. The Labute approximate surface area is 129 Å². The zero-order chi connectivity index (χ0) is 16.0. The first kappa shape index (κ1) is 17.3. The minimum absolute atomic E-state index is 0.0941. The Kier molecular flexibility index (Phi) is 6.45. The van der Waals surface area contributed by atoms with Crippen LogP contribution in [0.15, 0.2) is 18.2 Å². The molecule has 0 saturated carbocycles. The number of nitrogens with two attached hydrogens (primary N) is 1. The van der Waals surface area contributed by atoms with Gasteiger partial charge in [0, 0.05) is 32.2 Å². The second kappa shape index (κ2) is 7.85. The van der Waals surface area contributed by atoms with Crippen molar-refractivity contribution >= 4 is 29.1 Å². The maximum atomic E-state index is 11.6. The van der Waals surface area contributed by atoms with E-state index in [2.05, 4.69) is 5.32 Å². The first-order chi connectivity index (χ1) is 9.79. The fourth-order valence-electron chi connectivity index (χ4n) is 1.47. The van der Waals surface area contributed by atoms with E-state index in [1.165, 1.54) is 4.90 Å². The van der Waals surface area contributed by atoms with E-state index in [-0.39, 0.29) is 30.9 Å². The third-order valence-corrected chi connectivity index (χ3v) is 2.87. The number of nitrogens with one attached hydrogen (secondary N) is 1. The Morgan fingerprint density at radius 3 is 2.62 bits per heavy atom. The van der Waals surface area contributed by atoms with Gasteiger partial charge in [0.1, 0.15) is 5.75 Å². The molecule has 0 bridgehead atoms. The number of hydrogen-bond acceptors (Lipinski definition) is 4. The molecular formula is C14H20ClN3O3. The summed E-state index contributed by atoms with van der Waals surface area (Å²) in [5.41, 5.74) is 6.10. The summed E-state index contributed by atoms with van der Waals surface area (Å²) in [6, 6.07) is 4.61. The molecule has 21 heavy (non-hydrogen) atoms. The van der Waals surface area contributed by atoms with Crippen molar-refractivity contribution in [1.82, 2.24) is 4.90 Å². The normalized spacial score (nSPS) is 11.7. The highest BCUT2D eigenvalue weighted by atomic mass is 35.5. The van der Waals surface area contributed by atoms with Gasteiger partial charge in [-0.2, -0.15) is 0 Å². The fourth-order valence-corrected chi connectivity index (χ4v) is 1.70. The second-order valence-electron chi connectivity index (χ2n) is 4.95. The Balaban J connectivity index is 2.63. The summed E-state index contributed by atoms with van der Waals surface area (Å²) >= 11 is 6.06. The van der Waals surface area contributed by atoms with Crippen LogP contribution in [0, 0.1) is 0 Å². The number of carbonyl (C=O) groups excluding carboxylic acids is 2. The van der Waals surface area contributed by atoms with Crippen molar-refractivity contribution in [3.8, 4) is 5.75 Å². The van der Waals surface area contributed by atoms with Gasteiger partial charge in [-0.15, -0.1) is 0 Å². The van der Waals surface area contributed by atoms with Gasteiger partial charge in [0.25, 0.3) is 5.91 Å². The number of anilines is 1. The van der Waals surface area contributed by atoms with Crippen molar-refractivity contribution in [1.29, 1.82) is 0 Å². The molecule has 0 aliphatic heterocycles. The summed E-state index contributed by atoms with van der Waals surface area (Å²) in [5.74, 6) is 0.0370. The lowest BCUT2D eigenvalue weighted by Crippen LogP contribution is -2.27. The number of hydrogen-bond donors (Lipinski definition) is 2. The van der Waals surface area contributed by atoms with E-state index in [9.17, 15) is 9.59 Å². The minimum atomic E-state index is -0.208. The molecule has 1 rings (SSSR count). The zero-order valence-electron chi connectivity index (χ0n) is 12.4. The monoisotopic (exact) mass is 313 g/mol. The predicted molar refractivity (Wildman–Crippen MR) is 82.5 cm³/mol. The Bertz CT molecular complexity index is 518. The van der Waals surface area contributed by atoms with E-state index in [1.807, 2.05) is 0 Å². The molecule has 0 saturated heterocycles. The van der Waals surface area contributed by atoms with Crippen LogP contribution >= 0.6 is 11.6 Å². The second-order valence-corrected chi connectivity index (χ2v) is 5.36. The summed E-state index contributed by atoms with van der Waals surface area (Å²) in [6.45, 7) is 1.66. The van der Waals surface area contributed by atoms with Crippen LogP contribution in [0.2, 0.25) is 5.02 Å². The fraction of sp³-hybridized carbons (Fsp3) is 0.429. The van der Waals surface area contributed by atoms with Crippen molar-refractivity contribution in [3.05, 3.63) is 23.2 Å². The van der Waals surface area contributed by atoms with Crippen molar-refractivity contribution in [2.45, 2.75) is 19.4 Å². The first-order valence-corrected chi connectivity index (χ1v) is 6.85. The number of amides is 2. The third kappa shape index (κ3) is 6.01. The van der Waals surface area contributed by atoms with E-state index in [1.54, 1.807) is 39.2 Å². The molecule has 0 fully saturated rings. The summed E-state index contributed by atoms with van der Waals surface area (Å²) in [7, 11) is 3.29. The topological polar surface area (TPSA) is 84.7 Å². The molecule has 0 aliphatic carbocycles. The lowest BCUT2D eigenvalue weighted by Gasteiger charge is -2.13. The van der Waals surface area contributed by atoms with E-state index in [4.69, 9.17) is 22.1 Å². The van der Waals surface area contributed by atoms with Gasteiger partial charge in [0.15, 0.2) is 6.61 Å².